The number of nitrogens with one attached hydrogen (secondary N) is 1. The summed E-state index contributed by atoms with van der Waals surface area (Å²) in [4.78, 5) is 4.24. The highest BCUT2D eigenvalue weighted by Gasteiger charge is 2.34. The molecule has 0 aliphatic heterocycles. The number of aromatic nitrogens is 2. The quantitative estimate of drug-likeness (QED) is 0.828. The molecule has 1 aliphatic rings. The Morgan fingerprint density at radius 3 is 2.75 bits per heavy atom. The van der Waals surface area contributed by atoms with Gasteiger partial charge in [-0.25, -0.2) is 4.98 Å². The fourth-order valence-corrected chi connectivity index (χ4v) is 2.47. The molecule has 1 saturated carbocycles. The summed E-state index contributed by atoms with van der Waals surface area (Å²) in [5.74, 6) is 0. The van der Waals surface area contributed by atoms with Gasteiger partial charge in [0.2, 0.25) is 0 Å². The Bertz CT molecular complexity index is 331. The van der Waals surface area contributed by atoms with Crippen LogP contribution >= 0.6 is 0 Å². The van der Waals surface area contributed by atoms with Crippen LogP contribution in [0.25, 0.3) is 0 Å². The van der Waals surface area contributed by atoms with Crippen molar-refractivity contribution in [2.45, 2.75) is 64.6 Å². The number of rotatable bonds is 5. The van der Waals surface area contributed by atoms with Crippen molar-refractivity contribution in [2.24, 2.45) is 0 Å². The summed E-state index contributed by atoms with van der Waals surface area (Å²) < 4.78 is 2.25. The van der Waals surface area contributed by atoms with Gasteiger partial charge in [-0.15, -0.1) is 0 Å². The molecule has 90 valence electrons. The van der Waals surface area contributed by atoms with Gasteiger partial charge in [0.1, 0.15) is 0 Å². The lowest BCUT2D eigenvalue weighted by Gasteiger charge is -2.42. The minimum atomic E-state index is 0.423. The molecule has 1 heterocycles. The summed E-state index contributed by atoms with van der Waals surface area (Å²) in [7, 11) is 0. The number of hydrogen-bond acceptors (Lipinski definition) is 2. The zero-order valence-corrected chi connectivity index (χ0v) is 10.7. The minimum Gasteiger partial charge on any atom is -0.331 e. The first-order chi connectivity index (χ1) is 7.67. The molecule has 3 nitrogen and oxygen atoms in total. The van der Waals surface area contributed by atoms with Gasteiger partial charge < -0.3 is 9.88 Å². The van der Waals surface area contributed by atoms with Gasteiger partial charge in [-0.1, -0.05) is 6.92 Å². The van der Waals surface area contributed by atoms with E-state index in [0.29, 0.717) is 11.6 Å². The number of imidazole rings is 1. The Morgan fingerprint density at radius 1 is 1.50 bits per heavy atom. The number of nitrogens with zero attached hydrogens (tertiary/aromatic N) is 2. The lowest BCUT2D eigenvalue weighted by molar-refractivity contribution is 0.174. The maximum Gasteiger partial charge on any atom is 0.0951 e. The molecule has 0 atom stereocenters. The van der Waals surface area contributed by atoms with Gasteiger partial charge in [0.05, 0.1) is 12.0 Å². The molecular weight excluding hydrogens is 198 g/mol. The maximum atomic E-state index is 4.24. The molecule has 0 amide bonds. The van der Waals surface area contributed by atoms with Gasteiger partial charge in [-0.05, 0) is 39.5 Å². The molecule has 2 rings (SSSR count). The van der Waals surface area contributed by atoms with Crippen molar-refractivity contribution < 1.29 is 0 Å². The average molecular weight is 221 g/mol. The monoisotopic (exact) mass is 221 g/mol. The molecule has 16 heavy (non-hydrogen) atoms. The molecule has 3 heteroatoms. The fourth-order valence-electron chi connectivity index (χ4n) is 2.47. The zero-order chi connectivity index (χ0) is 11.6. The van der Waals surface area contributed by atoms with Gasteiger partial charge >= 0.3 is 0 Å². The summed E-state index contributed by atoms with van der Waals surface area (Å²) in [6, 6.07) is 0.498. The smallest absolute Gasteiger partial charge is 0.0951 e. The van der Waals surface area contributed by atoms with Gasteiger partial charge in [-0.3, -0.25) is 0 Å². The van der Waals surface area contributed by atoms with E-state index in [9.17, 15) is 0 Å². The van der Waals surface area contributed by atoms with E-state index >= 15 is 0 Å². The molecule has 0 saturated heterocycles. The van der Waals surface area contributed by atoms with Gasteiger partial charge in [-0.2, -0.15) is 0 Å². The van der Waals surface area contributed by atoms with E-state index in [1.807, 2.05) is 12.5 Å². The molecule has 0 unspecified atom stereocenters. The minimum absolute atomic E-state index is 0.423. The second-order valence-electron chi connectivity index (χ2n) is 5.23. The predicted molar refractivity (Wildman–Crippen MR) is 66.3 cm³/mol. The van der Waals surface area contributed by atoms with Crippen LogP contribution in [0.2, 0.25) is 0 Å². The third kappa shape index (κ3) is 2.14. The molecule has 1 fully saturated rings. The lowest BCUT2D eigenvalue weighted by Crippen LogP contribution is -2.50. The molecule has 1 aliphatic carbocycles. The summed E-state index contributed by atoms with van der Waals surface area (Å²) in [6.45, 7) is 7.63. The Labute approximate surface area is 98.3 Å². The lowest BCUT2D eigenvalue weighted by atomic mass is 9.75. The van der Waals surface area contributed by atoms with Crippen LogP contribution in [0.3, 0.4) is 0 Å². The topological polar surface area (TPSA) is 29.9 Å². The van der Waals surface area contributed by atoms with Crippen LogP contribution in [0.1, 0.15) is 58.2 Å². The van der Waals surface area contributed by atoms with Crippen LogP contribution in [0.4, 0.5) is 0 Å². The second kappa shape index (κ2) is 4.58. The van der Waals surface area contributed by atoms with E-state index in [-0.39, 0.29) is 0 Å². The molecule has 1 aromatic heterocycles. The highest BCUT2D eigenvalue weighted by Crippen LogP contribution is 2.34. The summed E-state index contributed by atoms with van der Waals surface area (Å²) >= 11 is 0. The Balaban J connectivity index is 1.96. The van der Waals surface area contributed by atoms with Crippen LogP contribution in [0.15, 0.2) is 12.5 Å². The fraction of sp³-hybridized carbons (Fsp3) is 0.769. The third-order valence-electron chi connectivity index (χ3n) is 3.93. The van der Waals surface area contributed by atoms with E-state index in [4.69, 9.17) is 0 Å². The Hall–Kier alpha value is -0.830. The average Bonchev–Trinajstić information content (AvgIpc) is 2.65. The standard InChI is InChI=1S/C13H23N3/c1-4-13(6-5-7-13)15-9-12-8-14-10-16(12)11(2)3/h8,10-11,15H,4-7,9H2,1-3H3. The SMILES string of the molecule is CCC1(NCc2cncn2C(C)C)CCC1. The van der Waals surface area contributed by atoms with Crippen molar-refractivity contribution in [1.82, 2.24) is 14.9 Å². The number of hydrogen-bond donors (Lipinski definition) is 1. The van der Waals surface area contributed by atoms with Gasteiger partial charge in [0.15, 0.2) is 0 Å². The molecule has 0 aromatic carbocycles. The maximum absolute atomic E-state index is 4.24. The first kappa shape index (κ1) is 11.6. The van der Waals surface area contributed by atoms with E-state index in [0.717, 1.165) is 6.54 Å². The summed E-state index contributed by atoms with van der Waals surface area (Å²) in [5, 5.41) is 3.72. The Morgan fingerprint density at radius 2 is 2.25 bits per heavy atom. The molecule has 1 aromatic rings. The van der Waals surface area contributed by atoms with Crippen molar-refractivity contribution in [3.63, 3.8) is 0 Å². The molecule has 1 N–H and O–H groups in total. The van der Waals surface area contributed by atoms with E-state index in [1.54, 1.807) is 0 Å². The van der Waals surface area contributed by atoms with E-state index < -0.39 is 0 Å². The molecule has 0 radical (unpaired) electrons. The van der Waals surface area contributed by atoms with Gasteiger partial charge in [0, 0.05) is 24.3 Å². The summed E-state index contributed by atoms with van der Waals surface area (Å²) in [5.41, 5.74) is 1.72. The molecule has 0 spiro atoms. The van der Waals surface area contributed by atoms with Crippen LogP contribution in [-0.2, 0) is 6.54 Å². The highest BCUT2D eigenvalue weighted by atomic mass is 15.1. The highest BCUT2D eigenvalue weighted by molar-refractivity contribution is 5.03. The van der Waals surface area contributed by atoms with Crippen molar-refractivity contribution in [1.29, 1.82) is 0 Å². The van der Waals surface area contributed by atoms with Crippen LogP contribution in [0, 0.1) is 0 Å². The first-order valence-corrected chi connectivity index (χ1v) is 6.42. The zero-order valence-electron chi connectivity index (χ0n) is 10.7. The van der Waals surface area contributed by atoms with E-state index in [2.05, 4.69) is 35.6 Å². The van der Waals surface area contributed by atoms with Crippen LogP contribution < -0.4 is 5.32 Å². The van der Waals surface area contributed by atoms with Crippen molar-refractivity contribution >= 4 is 0 Å². The van der Waals surface area contributed by atoms with Crippen molar-refractivity contribution in [3.8, 4) is 0 Å². The normalized spacial score (nSPS) is 18.8. The van der Waals surface area contributed by atoms with Gasteiger partial charge in [0.25, 0.3) is 0 Å². The second-order valence-corrected chi connectivity index (χ2v) is 5.23. The largest absolute Gasteiger partial charge is 0.331 e. The van der Waals surface area contributed by atoms with Crippen molar-refractivity contribution in [3.05, 3.63) is 18.2 Å². The third-order valence-corrected chi connectivity index (χ3v) is 3.93. The summed E-state index contributed by atoms with van der Waals surface area (Å²) in [6.07, 6.45) is 9.20. The molecular formula is C13H23N3. The predicted octanol–water partition coefficient (Wildman–Crippen LogP) is 2.89. The van der Waals surface area contributed by atoms with Crippen molar-refractivity contribution in [2.75, 3.05) is 0 Å². The first-order valence-electron chi connectivity index (χ1n) is 6.42. The van der Waals surface area contributed by atoms with Crippen LogP contribution in [-0.4, -0.2) is 15.1 Å². The van der Waals surface area contributed by atoms with Crippen LogP contribution in [0.5, 0.6) is 0 Å². The molecule has 0 bridgehead atoms. The van der Waals surface area contributed by atoms with E-state index in [1.165, 1.54) is 31.4 Å². The Kier molecular flexibility index (Phi) is 3.33.